The lowest BCUT2D eigenvalue weighted by Gasteiger charge is -2.21. The maximum atomic E-state index is 13.0. The number of aliphatic hydroxyl groups excluding tert-OH is 1. The largest absolute Gasteiger partial charge is 0.472 e. The molecule has 0 radical (unpaired) electrons. The summed E-state index contributed by atoms with van der Waals surface area (Å²) in [4.78, 5) is 72.5. The van der Waals surface area contributed by atoms with Crippen molar-refractivity contribution in [3.05, 3.63) is 0 Å². The molecule has 0 aliphatic heterocycles. The van der Waals surface area contributed by atoms with E-state index in [9.17, 15) is 43.2 Å². The van der Waals surface area contributed by atoms with Crippen LogP contribution in [0.25, 0.3) is 0 Å². The minimum Gasteiger partial charge on any atom is -0.462 e. The van der Waals surface area contributed by atoms with Gasteiger partial charge in [-0.3, -0.25) is 37.3 Å². The summed E-state index contributed by atoms with van der Waals surface area (Å²) in [5, 5.41) is 10.6. The van der Waals surface area contributed by atoms with Gasteiger partial charge in [0.25, 0.3) is 0 Å². The Morgan fingerprint density at radius 2 is 0.517 bits per heavy atom. The van der Waals surface area contributed by atoms with Crippen LogP contribution in [0.15, 0.2) is 0 Å². The van der Waals surface area contributed by atoms with Crippen molar-refractivity contribution in [1.82, 2.24) is 0 Å². The van der Waals surface area contributed by atoms with Crippen LogP contribution in [0.4, 0.5) is 0 Å². The van der Waals surface area contributed by atoms with E-state index in [-0.39, 0.29) is 25.7 Å². The molecule has 0 amide bonds. The molecule has 0 aromatic heterocycles. The maximum Gasteiger partial charge on any atom is 0.472 e. The van der Waals surface area contributed by atoms with Crippen LogP contribution in [0.3, 0.4) is 0 Å². The van der Waals surface area contributed by atoms with E-state index < -0.39 is 97.5 Å². The quantitative estimate of drug-likeness (QED) is 0.0222. The van der Waals surface area contributed by atoms with Gasteiger partial charge < -0.3 is 33.8 Å². The molecule has 0 aromatic rings. The third-order valence-corrected chi connectivity index (χ3v) is 18.2. The number of phosphoric ester groups is 2. The monoisotopic (exact) mass is 1310 g/mol. The number of ether oxygens (including phenoxy) is 4. The zero-order valence-corrected chi connectivity index (χ0v) is 59.4. The van der Waals surface area contributed by atoms with Crippen LogP contribution in [0, 0.1) is 5.92 Å². The third-order valence-electron chi connectivity index (χ3n) is 16.3. The molecule has 2 unspecified atom stereocenters. The molecular formula is C70H136O17P2. The van der Waals surface area contributed by atoms with Gasteiger partial charge in [-0.25, -0.2) is 9.13 Å². The lowest BCUT2D eigenvalue weighted by molar-refractivity contribution is -0.161. The van der Waals surface area contributed by atoms with Crippen LogP contribution in [-0.4, -0.2) is 96.7 Å². The summed E-state index contributed by atoms with van der Waals surface area (Å²) in [5.74, 6) is -1.38. The Balaban J connectivity index is 5.23. The van der Waals surface area contributed by atoms with Gasteiger partial charge in [-0.2, -0.15) is 0 Å². The summed E-state index contributed by atoms with van der Waals surface area (Å²) < 4.78 is 68.3. The number of hydrogen-bond acceptors (Lipinski definition) is 15. The second kappa shape index (κ2) is 63.5. The average molecular weight is 1310 g/mol. The number of esters is 4. The highest BCUT2D eigenvalue weighted by atomic mass is 31.2. The molecule has 17 nitrogen and oxygen atoms in total. The summed E-state index contributed by atoms with van der Waals surface area (Å²) in [6.45, 7) is 7.22. The Labute approximate surface area is 543 Å². The highest BCUT2D eigenvalue weighted by Crippen LogP contribution is 2.45. The number of unbranched alkanes of at least 4 members (excludes halogenated alkanes) is 42. The molecule has 3 N–H and O–H groups in total. The van der Waals surface area contributed by atoms with E-state index in [0.29, 0.717) is 25.7 Å². The van der Waals surface area contributed by atoms with Gasteiger partial charge in [0.05, 0.1) is 26.4 Å². The van der Waals surface area contributed by atoms with Gasteiger partial charge in [0.2, 0.25) is 0 Å². The van der Waals surface area contributed by atoms with Crippen molar-refractivity contribution >= 4 is 39.5 Å². The van der Waals surface area contributed by atoms with Crippen molar-refractivity contribution in [1.29, 1.82) is 0 Å². The SMILES string of the molecule is CCCCCCCCCCCCCCCCCCC(=O)O[C@H](COC(=O)CCCCCCCCCCCC(C)C)COP(=O)(O)OC[C@@H](O)COP(=O)(O)OC[C@@H](COC(=O)CCCCCCCCCCCC)OC(=O)CCCCCCCCCCCCC. The number of carbonyl (C=O) groups excluding carboxylic acids is 4. The first-order chi connectivity index (χ1) is 43.0. The molecule has 0 bridgehead atoms. The number of aliphatic hydroxyl groups is 1. The summed E-state index contributed by atoms with van der Waals surface area (Å²) in [6.07, 6.45) is 49.8. The van der Waals surface area contributed by atoms with Gasteiger partial charge in [-0.15, -0.1) is 0 Å². The fourth-order valence-corrected chi connectivity index (χ4v) is 12.2. The van der Waals surface area contributed by atoms with Crippen LogP contribution in [0.2, 0.25) is 0 Å². The van der Waals surface area contributed by atoms with Crippen LogP contribution in [0.5, 0.6) is 0 Å². The van der Waals surface area contributed by atoms with E-state index in [2.05, 4.69) is 34.6 Å². The summed E-state index contributed by atoms with van der Waals surface area (Å²) in [7, 11) is -9.90. The van der Waals surface area contributed by atoms with Crippen molar-refractivity contribution in [2.75, 3.05) is 39.6 Å². The molecule has 0 aromatic carbocycles. The lowest BCUT2D eigenvalue weighted by atomic mass is 10.0. The first-order valence-corrected chi connectivity index (χ1v) is 39.6. The highest BCUT2D eigenvalue weighted by molar-refractivity contribution is 7.47. The number of carbonyl (C=O) groups is 4. The molecule has 528 valence electrons. The topological polar surface area (TPSA) is 237 Å². The van der Waals surface area contributed by atoms with Crippen LogP contribution < -0.4 is 0 Å². The van der Waals surface area contributed by atoms with Crippen molar-refractivity contribution in [2.24, 2.45) is 5.92 Å². The van der Waals surface area contributed by atoms with Gasteiger partial charge in [-0.1, -0.05) is 311 Å². The smallest absolute Gasteiger partial charge is 0.462 e. The molecule has 0 aliphatic carbocycles. The normalized spacial score (nSPS) is 14.1. The molecular weight excluding hydrogens is 1170 g/mol. The zero-order valence-electron chi connectivity index (χ0n) is 57.6. The molecule has 0 rings (SSSR count). The molecule has 0 fully saturated rings. The fourth-order valence-electron chi connectivity index (χ4n) is 10.6. The molecule has 0 aliphatic rings. The molecule has 0 spiro atoms. The second-order valence-corrected chi connectivity index (χ2v) is 28.7. The van der Waals surface area contributed by atoms with E-state index in [0.717, 1.165) is 95.8 Å². The number of hydrogen-bond donors (Lipinski definition) is 3. The number of phosphoric acid groups is 2. The summed E-state index contributed by atoms with van der Waals surface area (Å²) in [5.41, 5.74) is 0. The Morgan fingerprint density at radius 3 is 0.764 bits per heavy atom. The molecule has 0 saturated heterocycles. The molecule has 0 saturated carbocycles. The van der Waals surface area contributed by atoms with E-state index in [1.54, 1.807) is 0 Å². The van der Waals surface area contributed by atoms with Crippen molar-refractivity contribution in [3.63, 3.8) is 0 Å². The van der Waals surface area contributed by atoms with Crippen molar-refractivity contribution in [3.8, 4) is 0 Å². The standard InChI is InChI=1S/C70H136O17P2/c1-6-9-12-15-18-21-24-25-26-27-28-30-35-41-46-51-56-70(75)87-66(60-81-68(73)54-49-44-39-36-31-32-37-42-47-52-63(4)5)62-85-89(78,79)83-58-64(71)57-82-88(76,77)84-61-65(59-80-67(72)53-48-43-38-33-23-20-17-14-11-8-3)86-69(74)55-50-45-40-34-29-22-19-16-13-10-7-2/h63-66,71H,6-62H2,1-5H3,(H,76,77)(H,78,79)/t64-,65+,66+/m0/s1. The van der Waals surface area contributed by atoms with Gasteiger partial charge in [-0.05, 0) is 31.6 Å². The Kier molecular flexibility index (Phi) is 62.1. The molecule has 5 atom stereocenters. The first kappa shape index (κ1) is 87.1. The Bertz CT molecular complexity index is 1720. The van der Waals surface area contributed by atoms with Gasteiger partial charge in [0.15, 0.2) is 12.2 Å². The van der Waals surface area contributed by atoms with E-state index in [1.807, 2.05) is 0 Å². The zero-order chi connectivity index (χ0) is 65.6. The summed E-state index contributed by atoms with van der Waals surface area (Å²) in [6, 6.07) is 0. The predicted octanol–water partition coefficient (Wildman–Crippen LogP) is 20.1. The fraction of sp³-hybridized carbons (Fsp3) is 0.943. The van der Waals surface area contributed by atoms with E-state index >= 15 is 0 Å². The van der Waals surface area contributed by atoms with Gasteiger partial charge in [0.1, 0.15) is 19.3 Å². The third kappa shape index (κ3) is 64.6. The van der Waals surface area contributed by atoms with Gasteiger partial charge >= 0.3 is 39.5 Å². The van der Waals surface area contributed by atoms with E-state index in [1.165, 1.54) is 186 Å². The molecule has 89 heavy (non-hydrogen) atoms. The average Bonchev–Trinajstić information content (AvgIpc) is 3.59. The minimum absolute atomic E-state index is 0.107. The lowest BCUT2D eigenvalue weighted by Crippen LogP contribution is -2.30. The second-order valence-electron chi connectivity index (χ2n) is 25.7. The van der Waals surface area contributed by atoms with Crippen molar-refractivity contribution in [2.45, 2.75) is 380 Å². The predicted molar refractivity (Wildman–Crippen MR) is 358 cm³/mol. The van der Waals surface area contributed by atoms with Crippen molar-refractivity contribution < 1.29 is 80.2 Å². The highest BCUT2D eigenvalue weighted by Gasteiger charge is 2.30. The first-order valence-electron chi connectivity index (χ1n) is 36.6. The maximum absolute atomic E-state index is 13.0. The Morgan fingerprint density at radius 1 is 0.303 bits per heavy atom. The summed E-state index contributed by atoms with van der Waals surface area (Å²) >= 11 is 0. The number of rotatable bonds is 70. The van der Waals surface area contributed by atoms with Crippen LogP contribution in [-0.2, 0) is 65.4 Å². The van der Waals surface area contributed by atoms with Crippen LogP contribution >= 0.6 is 15.6 Å². The molecule has 0 heterocycles. The van der Waals surface area contributed by atoms with Crippen LogP contribution in [0.1, 0.15) is 362 Å². The Hall–Kier alpha value is -1.94. The minimum atomic E-state index is -4.95. The van der Waals surface area contributed by atoms with Gasteiger partial charge in [0, 0.05) is 25.7 Å². The van der Waals surface area contributed by atoms with E-state index in [4.69, 9.17) is 37.0 Å². The molecule has 19 heteroatoms.